The Bertz CT molecular complexity index is 510. The lowest BCUT2D eigenvalue weighted by Crippen LogP contribution is -1.88. The number of nitrogens with two attached hydrogens (primary N) is 1. The van der Waals surface area contributed by atoms with Crippen LogP contribution in [0.25, 0.3) is 0 Å². The van der Waals surface area contributed by atoms with Crippen LogP contribution in [0.2, 0.25) is 5.02 Å². The predicted octanol–water partition coefficient (Wildman–Crippen LogP) is 4.98. The molecule has 0 radical (unpaired) electrons. The Morgan fingerprint density at radius 1 is 1.18 bits per heavy atom. The van der Waals surface area contributed by atoms with E-state index in [4.69, 9.17) is 17.3 Å². The summed E-state index contributed by atoms with van der Waals surface area (Å²) in [7, 11) is 0. The quantitative estimate of drug-likeness (QED) is 0.635. The van der Waals surface area contributed by atoms with E-state index in [-0.39, 0.29) is 0 Å². The zero-order valence-electron chi connectivity index (χ0n) is 8.99. The SMILES string of the molecule is Nc1cc(Br)cc(CSc2ccccc2Cl)c1. The number of rotatable bonds is 3. The maximum Gasteiger partial charge on any atom is 0.0541 e. The summed E-state index contributed by atoms with van der Waals surface area (Å²) in [6.07, 6.45) is 0. The van der Waals surface area contributed by atoms with Crippen molar-refractivity contribution in [1.82, 2.24) is 0 Å². The Balaban J connectivity index is 2.10. The number of hydrogen-bond donors (Lipinski definition) is 1. The summed E-state index contributed by atoms with van der Waals surface area (Å²) in [5.41, 5.74) is 7.75. The molecule has 0 saturated heterocycles. The van der Waals surface area contributed by atoms with Gasteiger partial charge in [0.2, 0.25) is 0 Å². The third kappa shape index (κ3) is 3.66. The summed E-state index contributed by atoms with van der Waals surface area (Å²) in [5, 5.41) is 0.792. The van der Waals surface area contributed by atoms with E-state index in [1.165, 1.54) is 5.56 Å². The Morgan fingerprint density at radius 3 is 2.65 bits per heavy atom. The van der Waals surface area contributed by atoms with Crippen molar-refractivity contribution in [3.05, 3.63) is 57.5 Å². The van der Waals surface area contributed by atoms with Gasteiger partial charge in [-0.25, -0.2) is 0 Å². The third-order valence-electron chi connectivity index (χ3n) is 2.21. The van der Waals surface area contributed by atoms with Crippen molar-refractivity contribution < 1.29 is 0 Å². The van der Waals surface area contributed by atoms with E-state index in [1.54, 1.807) is 11.8 Å². The molecule has 0 unspecified atom stereocenters. The van der Waals surface area contributed by atoms with Crippen molar-refractivity contribution in [2.24, 2.45) is 0 Å². The molecule has 0 aliphatic rings. The molecular weight excluding hydrogens is 318 g/mol. The van der Waals surface area contributed by atoms with Crippen LogP contribution in [0.4, 0.5) is 5.69 Å². The summed E-state index contributed by atoms with van der Waals surface area (Å²) in [6, 6.07) is 13.8. The molecule has 2 N–H and O–H groups in total. The Morgan fingerprint density at radius 2 is 1.94 bits per heavy atom. The van der Waals surface area contributed by atoms with Gasteiger partial charge in [0.25, 0.3) is 0 Å². The van der Waals surface area contributed by atoms with Gasteiger partial charge in [-0.05, 0) is 35.9 Å². The summed E-state index contributed by atoms with van der Waals surface area (Å²) < 4.78 is 1.01. The van der Waals surface area contributed by atoms with Crippen LogP contribution in [-0.2, 0) is 5.75 Å². The second kappa shape index (κ2) is 5.80. The minimum Gasteiger partial charge on any atom is -0.399 e. The Kier molecular flexibility index (Phi) is 4.37. The fourth-order valence-corrected chi connectivity index (χ4v) is 3.21. The minimum absolute atomic E-state index is 0.772. The molecule has 2 aromatic rings. The lowest BCUT2D eigenvalue weighted by molar-refractivity contribution is 1.37. The molecule has 0 saturated carbocycles. The van der Waals surface area contributed by atoms with Gasteiger partial charge in [-0.1, -0.05) is 39.7 Å². The van der Waals surface area contributed by atoms with Crippen LogP contribution in [0.15, 0.2) is 51.8 Å². The van der Waals surface area contributed by atoms with E-state index in [1.807, 2.05) is 36.4 Å². The molecule has 0 aliphatic heterocycles. The highest BCUT2D eigenvalue weighted by molar-refractivity contribution is 9.10. The summed E-state index contributed by atoms with van der Waals surface area (Å²) in [6.45, 7) is 0. The molecular formula is C13H11BrClNS. The van der Waals surface area contributed by atoms with Crippen LogP contribution in [0.5, 0.6) is 0 Å². The van der Waals surface area contributed by atoms with E-state index in [2.05, 4.69) is 22.0 Å². The molecule has 0 aliphatic carbocycles. The van der Waals surface area contributed by atoms with Crippen molar-refractivity contribution in [3.8, 4) is 0 Å². The van der Waals surface area contributed by atoms with Crippen molar-refractivity contribution >= 4 is 45.0 Å². The van der Waals surface area contributed by atoms with Crippen LogP contribution < -0.4 is 5.73 Å². The average Bonchev–Trinajstić information content (AvgIpc) is 2.27. The lowest BCUT2D eigenvalue weighted by Gasteiger charge is -2.05. The van der Waals surface area contributed by atoms with Crippen LogP contribution in [0.3, 0.4) is 0 Å². The second-order valence-electron chi connectivity index (χ2n) is 3.61. The average molecular weight is 329 g/mol. The lowest BCUT2D eigenvalue weighted by atomic mass is 10.2. The fourth-order valence-electron chi connectivity index (χ4n) is 1.48. The minimum atomic E-state index is 0.772. The number of thioether (sulfide) groups is 1. The molecule has 17 heavy (non-hydrogen) atoms. The topological polar surface area (TPSA) is 26.0 Å². The van der Waals surface area contributed by atoms with Crippen LogP contribution in [-0.4, -0.2) is 0 Å². The number of hydrogen-bond acceptors (Lipinski definition) is 2. The van der Waals surface area contributed by atoms with Gasteiger partial charge < -0.3 is 5.73 Å². The van der Waals surface area contributed by atoms with Crippen LogP contribution in [0.1, 0.15) is 5.56 Å². The molecule has 0 amide bonds. The molecule has 0 aromatic heterocycles. The number of halogens is 2. The van der Waals surface area contributed by atoms with Gasteiger partial charge in [-0.2, -0.15) is 0 Å². The van der Waals surface area contributed by atoms with Crippen LogP contribution >= 0.6 is 39.3 Å². The molecule has 0 bridgehead atoms. The zero-order valence-corrected chi connectivity index (χ0v) is 12.1. The van der Waals surface area contributed by atoms with Crippen molar-refractivity contribution in [3.63, 3.8) is 0 Å². The molecule has 2 aromatic carbocycles. The summed E-state index contributed by atoms with van der Waals surface area (Å²) >= 11 is 11.2. The van der Waals surface area contributed by atoms with E-state index < -0.39 is 0 Å². The molecule has 4 heteroatoms. The first-order valence-corrected chi connectivity index (χ1v) is 7.23. The highest BCUT2D eigenvalue weighted by Crippen LogP contribution is 2.30. The monoisotopic (exact) mass is 327 g/mol. The predicted molar refractivity (Wildman–Crippen MR) is 79.6 cm³/mol. The van der Waals surface area contributed by atoms with Crippen molar-refractivity contribution in [2.45, 2.75) is 10.6 Å². The van der Waals surface area contributed by atoms with Gasteiger partial charge in [-0.3, -0.25) is 0 Å². The van der Waals surface area contributed by atoms with E-state index in [0.717, 1.165) is 25.8 Å². The van der Waals surface area contributed by atoms with Crippen LogP contribution in [0, 0.1) is 0 Å². The Hall–Kier alpha value is -0.640. The highest BCUT2D eigenvalue weighted by atomic mass is 79.9. The van der Waals surface area contributed by atoms with Crippen molar-refractivity contribution in [2.75, 3.05) is 5.73 Å². The van der Waals surface area contributed by atoms with E-state index >= 15 is 0 Å². The molecule has 1 nitrogen and oxygen atoms in total. The molecule has 0 atom stereocenters. The van der Waals surface area contributed by atoms with E-state index in [9.17, 15) is 0 Å². The molecule has 88 valence electrons. The van der Waals surface area contributed by atoms with Gasteiger partial charge in [0.1, 0.15) is 0 Å². The first-order chi connectivity index (χ1) is 8.15. The number of benzene rings is 2. The standard InChI is InChI=1S/C13H11BrClNS/c14-10-5-9(6-11(16)7-10)8-17-13-4-2-1-3-12(13)15/h1-7H,8,16H2. The van der Waals surface area contributed by atoms with Gasteiger partial charge >= 0.3 is 0 Å². The van der Waals surface area contributed by atoms with Gasteiger partial charge in [0.05, 0.1) is 5.02 Å². The smallest absolute Gasteiger partial charge is 0.0541 e. The first kappa shape index (κ1) is 12.8. The fraction of sp³-hybridized carbons (Fsp3) is 0.0769. The zero-order chi connectivity index (χ0) is 12.3. The van der Waals surface area contributed by atoms with E-state index in [0.29, 0.717) is 0 Å². The molecule has 0 heterocycles. The second-order valence-corrected chi connectivity index (χ2v) is 5.95. The van der Waals surface area contributed by atoms with Gasteiger partial charge in [-0.15, -0.1) is 11.8 Å². The third-order valence-corrected chi connectivity index (χ3v) is 4.26. The van der Waals surface area contributed by atoms with Gasteiger partial charge in [0.15, 0.2) is 0 Å². The molecule has 0 spiro atoms. The molecule has 2 rings (SSSR count). The van der Waals surface area contributed by atoms with Gasteiger partial charge in [0, 0.05) is 20.8 Å². The first-order valence-electron chi connectivity index (χ1n) is 5.07. The summed E-state index contributed by atoms with van der Waals surface area (Å²) in [4.78, 5) is 1.09. The molecule has 0 fully saturated rings. The normalized spacial score (nSPS) is 10.5. The van der Waals surface area contributed by atoms with Crippen molar-refractivity contribution in [1.29, 1.82) is 0 Å². The largest absolute Gasteiger partial charge is 0.399 e. The number of nitrogen functional groups attached to an aromatic ring is 1. The maximum atomic E-state index is 6.10. The Labute approximate surface area is 118 Å². The number of anilines is 1. The summed E-state index contributed by atoms with van der Waals surface area (Å²) in [5.74, 6) is 0.855. The highest BCUT2D eigenvalue weighted by Gasteiger charge is 2.02. The maximum absolute atomic E-state index is 6.10.